The molecule has 4 heteroatoms. The summed E-state index contributed by atoms with van der Waals surface area (Å²) in [6, 6.07) is 12.0. The first-order valence-electron chi connectivity index (χ1n) is 5.98. The lowest BCUT2D eigenvalue weighted by atomic mass is 10.2. The molecule has 2 aromatic rings. The first kappa shape index (κ1) is 13.4. The molecule has 0 aliphatic carbocycles. The summed E-state index contributed by atoms with van der Waals surface area (Å²) in [4.78, 5) is 0. The topological polar surface area (TPSA) is 30.5 Å². The lowest BCUT2D eigenvalue weighted by Crippen LogP contribution is -2.07. The molecular weight excluding hydrogens is 245 g/mol. The van der Waals surface area contributed by atoms with E-state index < -0.39 is 0 Å². The minimum atomic E-state index is -0.379. The molecular formula is C15H16FNO2. The van der Waals surface area contributed by atoms with Crippen LogP contribution >= 0.6 is 0 Å². The summed E-state index contributed by atoms with van der Waals surface area (Å²) in [6.45, 7) is 0.539. The average Bonchev–Trinajstić information content (AvgIpc) is 2.43. The molecule has 0 fully saturated rings. The van der Waals surface area contributed by atoms with Crippen LogP contribution < -0.4 is 14.8 Å². The number of hydrogen-bond acceptors (Lipinski definition) is 3. The Kier molecular flexibility index (Phi) is 4.36. The lowest BCUT2D eigenvalue weighted by molar-refractivity contribution is 0.403. The number of nitrogens with one attached hydrogen (secondary N) is 1. The van der Waals surface area contributed by atoms with Crippen LogP contribution in [0.1, 0.15) is 5.56 Å². The Morgan fingerprint density at radius 2 is 1.84 bits per heavy atom. The molecule has 2 rings (SSSR count). The van der Waals surface area contributed by atoms with Crippen molar-refractivity contribution in [1.82, 2.24) is 5.32 Å². The van der Waals surface area contributed by atoms with Gasteiger partial charge in [0.1, 0.15) is 11.5 Å². The Bertz CT molecular complexity index is 558. The van der Waals surface area contributed by atoms with Crippen LogP contribution in [0.4, 0.5) is 4.39 Å². The van der Waals surface area contributed by atoms with Crippen molar-refractivity contribution in [2.75, 3.05) is 14.2 Å². The molecule has 2 aromatic carbocycles. The van der Waals surface area contributed by atoms with Crippen molar-refractivity contribution in [3.63, 3.8) is 0 Å². The van der Waals surface area contributed by atoms with Gasteiger partial charge in [-0.05, 0) is 25.2 Å². The molecule has 19 heavy (non-hydrogen) atoms. The van der Waals surface area contributed by atoms with Crippen LogP contribution in [0, 0.1) is 5.82 Å². The summed E-state index contributed by atoms with van der Waals surface area (Å²) in [6.07, 6.45) is 0. The number of benzene rings is 2. The number of para-hydroxylation sites is 1. The Labute approximate surface area is 112 Å². The van der Waals surface area contributed by atoms with Crippen LogP contribution in [0.2, 0.25) is 0 Å². The fraction of sp³-hybridized carbons (Fsp3) is 0.200. The van der Waals surface area contributed by atoms with E-state index in [0.29, 0.717) is 18.0 Å². The average molecular weight is 261 g/mol. The maximum atomic E-state index is 13.9. The number of methoxy groups -OCH3 is 1. The maximum absolute atomic E-state index is 13.9. The zero-order valence-electron chi connectivity index (χ0n) is 10.9. The highest BCUT2D eigenvalue weighted by atomic mass is 19.1. The Morgan fingerprint density at radius 3 is 2.58 bits per heavy atom. The SMILES string of the molecule is CNCc1cccc(F)c1Oc1cccc(OC)c1. The second-order valence-electron chi connectivity index (χ2n) is 4.04. The zero-order valence-corrected chi connectivity index (χ0v) is 10.9. The standard InChI is InChI=1S/C15H16FNO2/c1-17-10-11-5-3-8-14(16)15(11)19-13-7-4-6-12(9-13)18-2/h3-9,17H,10H2,1-2H3. The van der Waals surface area contributed by atoms with Crippen molar-refractivity contribution in [3.05, 3.63) is 53.8 Å². The molecule has 0 heterocycles. The molecule has 100 valence electrons. The van der Waals surface area contributed by atoms with Gasteiger partial charge in [-0.15, -0.1) is 0 Å². The van der Waals surface area contributed by atoms with Crippen LogP contribution in [-0.4, -0.2) is 14.2 Å². The number of hydrogen-bond donors (Lipinski definition) is 1. The smallest absolute Gasteiger partial charge is 0.167 e. The summed E-state index contributed by atoms with van der Waals surface area (Å²) in [5.41, 5.74) is 0.769. The Morgan fingerprint density at radius 1 is 1.11 bits per heavy atom. The fourth-order valence-electron chi connectivity index (χ4n) is 1.78. The van der Waals surface area contributed by atoms with E-state index in [0.717, 1.165) is 5.56 Å². The molecule has 0 saturated carbocycles. The Balaban J connectivity index is 2.31. The van der Waals surface area contributed by atoms with Gasteiger partial charge in [0.15, 0.2) is 11.6 Å². The zero-order chi connectivity index (χ0) is 13.7. The van der Waals surface area contributed by atoms with E-state index in [9.17, 15) is 4.39 Å². The Hall–Kier alpha value is -2.07. The van der Waals surface area contributed by atoms with Crippen molar-refractivity contribution >= 4 is 0 Å². The number of rotatable bonds is 5. The van der Waals surface area contributed by atoms with E-state index >= 15 is 0 Å². The van der Waals surface area contributed by atoms with Crippen LogP contribution in [-0.2, 0) is 6.54 Å². The minimum Gasteiger partial charge on any atom is -0.497 e. The van der Waals surface area contributed by atoms with E-state index in [-0.39, 0.29) is 11.6 Å². The van der Waals surface area contributed by atoms with Gasteiger partial charge in [-0.2, -0.15) is 0 Å². The minimum absolute atomic E-state index is 0.241. The third kappa shape index (κ3) is 3.23. The third-order valence-corrected chi connectivity index (χ3v) is 2.68. The lowest BCUT2D eigenvalue weighted by Gasteiger charge is -2.12. The molecule has 0 bridgehead atoms. The highest BCUT2D eigenvalue weighted by Crippen LogP contribution is 2.30. The van der Waals surface area contributed by atoms with E-state index in [4.69, 9.17) is 9.47 Å². The van der Waals surface area contributed by atoms with E-state index in [2.05, 4.69) is 5.32 Å². The van der Waals surface area contributed by atoms with Crippen LogP contribution in [0.15, 0.2) is 42.5 Å². The molecule has 0 unspecified atom stereocenters. The molecule has 0 spiro atoms. The highest BCUT2D eigenvalue weighted by molar-refractivity contribution is 5.41. The first-order chi connectivity index (χ1) is 9.24. The van der Waals surface area contributed by atoms with Gasteiger partial charge in [0.05, 0.1) is 7.11 Å². The van der Waals surface area contributed by atoms with Crippen molar-refractivity contribution < 1.29 is 13.9 Å². The summed E-state index contributed by atoms with van der Waals surface area (Å²) in [7, 11) is 3.38. The van der Waals surface area contributed by atoms with E-state index in [1.807, 2.05) is 12.1 Å². The molecule has 0 aliphatic rings. The maximum Gasteiger partial charge on any atom is 0.167 e. The van der Waals surface area contributed by atoms with Crippen molar-refractivity contribution in [1.29, 1.82) is 0 Å². The molecule has 0 aliphatic heterocycles. The van der Waals surface area contributed by atoms with Gasteiger partial charge in [-0.3, -0.25) is 0 Å². The van der Waals surface area contributed by atoms with Gasteiger partial charge in [-0.25, -0.2) is 4.39 Å². The normalized spacial score (nSPS) is 10.3. The quantitative estimate of drug-likeness (QED) is 0.895. The number of ether oxygens (including phenoxy) is 2. The first-order valence-corrected chi connectivity index (χ1v) is 5.98. The molecule has 3 nitrogen and oxygen atoms in total. The van der Waals surface area contributed by atoms with Gasteiger partial charge in [-0.1, -0.05) is 18.2 Å². The van der Waals surface area contributed by atoms with Crippen molar-refractivity contribution in [2.45, 2.75) is 6.54 Å². The van der Waals surface area contributed by atoms with Gasteiger partial charge in [0.2, 0.25) is 0 Å². The van der Waals surface area contributed by atoms with E-state index in [1.165, 1.54) is 6.07 Å². The number of halogens is 1. The summed E-state index contributed by atoms with van der Waals surface area (Å²) < 4.78 is 24.6. The van der Waals surface area contributed by atoms with Crippen LogP contribution in [0.25, 0.3) is 0 Å². The van der Waals surface area contributed by atoms with Gasteiger partial charge in [0, 0.05) is 18.2 Å². The molecule has 0 aromatic heterocycles. The summed E-state index contributed by atoms with van der Waals surface area (Å²) >= 11 is 0. The molecule has 0 atom stereocenters. The van der Waals surface area contributed by atoms with Gasteiger partial charge < -0.3 is 14.8 Å². The van der Waals surface area contributed by atoms with Gasteiger partial charge in [0.25, 0.3) is 0 Å². The molecule has 0 amide bonds. The van der Waals surface area contributed by atoms with Crippen LogP contribution in [0.5, 0.6) is 17.2 Å². The van der Waals surface area contributed by atoms with Crippen LogP contribution in [0.3, 0.4) is 0 Å². The molecule has 0 saturated heterocycles. The molecule has 1 N–H and O–H groups in total. The summed E-state index contributed by atoms with van der Waals surface area (Å²) in [5.74, 6) is 1.08. The molecule has 0 radical (unpaired) electrons. The second kappa shape index (κ2) is 6.20. The monoisotopic (exact) mass is 261 g/mol. The highest BCUT2D eigenvalue weighted by Gasteiger charge is 2.10. The fourth-order valence-corrected chi connectivity index (χ4v) is 1.78. The predicted molar refractivity (Wildman–Crippen MR) is 72.2 cm³/mol. The summed E-state index contributed by atoms with van der Waals surface area (Å²) in [5, 5.41) is 2.99. The largest absolute Gasteiger partial charge is 0.497 e. The third-order valence-electron chi connectivity index (χ3n) is 2.68. The predicted octanol–water partition coefficient (Wildman–Crippen LogP) is 3.35. The van der Waals surface area contributed by atoms with Crippen molar-refractivity contribution in [3.8, 4) is 17.2 Å². The second-order valence-corrected chi connectivity index (χ2v) is 4.04. The van der Waals surface area contributed by atoms with Gasteiger partial charge >= 0.3 is 0 Å². The van der Waals surface area contributed by atoms with Crippen molar-refractivity contribution in [2.24, 2.45) is 0 Å². The van der Waals surface area contributed by atoms with E-state index in [1.54, 1.807) is 38.4 Å².